The second-order valence-electron chi connectivity index (χ2n) is 4.42. The fraction of sp³-hybridized carbons (Fsp3) is 0.583. The van der Waals surface area contributed by atoms with Gasteiger partial charge in [-0.1, -0.05) is 13.8 Å². The second kappa shape index (κ2) is 6.21. The van der Waals surface area contributed by atoms with Crippen molar-refractivity contribution < 1.29 is 0 Å². The number of hydrogen-bond acceptors (Lipinski definition) is 2. The van der Waals surface area contributed by atoms with Crippen LogP contribution in [0.4, 0.5) is 0 Å². The zero-order valence-electron chi connectivity index (χ0n) is 10.3. The maximum atomic E-state index is 5.24. The first-order valence-corrected chi connectivity index (χ1v) is 6.82. The summed E-state index contributed by atoms with van der Waals surface area (Å²) < 4.78 is 0. The molecule has 1 atom stereocenters. The third-order valence-corrected chi connectivity index (χ3v) is 3.65. The lowest BCUT2D eigenvalue weighted by Crippen LogP contribution is -2.38. The number of thiophene rings is 1. The molecule has 16 heavy (non-hydrogen) atoms. The average molecular weight is 256 g/mol. The van der Waals surface area contributed by atoms with Gasteiger partial charge in [0.2, 0.25) is 0 Å². The lowest BCUT2D eigenvalue weighted by atomic mass is 10.2. The van der Waals surface area contributed by atoms with Crippen LogP contribution in [-0.4, -0.2) is 11.7 Å². The summed E-state index contributed by atoms with van der Waals surface area (Å²) in [6, 6.07) is 4.58. The maximum Gasteiger partial charge on any atom is 0.166 e. The van der Waals surface area contributed by atoms with Gasteiger partial charge in [0.25, 0.3) is 0 Å². The highest BCUT2D eigenvalue weighted by Gasteiger charge is 2.08. The molecule has 0 fully saturated rings. The van der Waals surface area contributed by atoms with Crippen molar-refractivity contribution in [2.45, 2.75) is 33.7 Å². The van der Waals surface area contributed by atoms with Crippen molar-refractivity contribution in [1.82, 2.24) is 10.6 Å². The molecule has 2 N–H and O–H groups in total. The number of aryl methyl sites for hydroxylation is 1. The average Bonchev–Trinajstić information content (AvgIpc) is 2.62. The van der Waals surface area contributed by atoms with Crippen molar-refractivity contribution in [1.29, 1.82) is 0 Å². The molecule has 4 heteroatoms. The second-order valence-corrected chi connectivity index (χ2v) is 6.15. The van der Waals surface area contributed by atoms with Gasteiger partial charge in [0, 0.05) is 16.3 Å². The molecule has 0 aliphatic carbocycles. The van der Waals surface area contributed by atoms with E-state index in [9.17, 15) is 0 Å². The fourth-order valence-electron chi connectivity index (χ4n) is 1.30. The third kappa shape index (κ3) is 4.49. The summed E-state index contributed by atoms with van der Waals surface area (Å²) in [7, 11) is 0. The van der Waals surface area contributed by atoms with Crippen molar-refractivity contribution in [3.05, 3.63) is 21.9 Å². The molecular weight excluding hydrogens is 236 g/mol. The maximum absolute atomic E-state index is 5.24. The SMILES string of the molecule is Cc1ccc(C(C)NC(=S)NCC(C)C)s1. The first-order valence-electron chi connectivity index (χ1n) is 5.59. The summed E-state index contributed by atoms with van der Waals surface area (Å²) in [4.78, 5) is 2.66. The lowest BCUT2D eigenvalue weighted by Gasteiger charge is -2.16. The van der Waals surface area contributed by atoms with Crippen LogP contribution in [-0.2, 0) is 0 Å². The Morgan fingerprint density at radius 1 is 1.38 bits per heavy atom. The summed E-state index contributed by atoms with van der Waals surface area (Å²) in [5.41, 5.74) is 0. The van der Waals surface area contributed by atoms with Crippen molar-refractivity contribution in [2.75, 3.05) is 6.54 Å². The van der Waals surface area contributed by atoms with E-state index in [1.807, 2.05) is 11.3 Å². The Kier molecular flexibility index (Phi) is 5.22. The van der Waals surface area contributed by atoms with E-state index in [2.05, 4.69) is 50.5 Å². The van der Waals surface area contributed by atoms with Crippen LogP contribution < -0.4 is 10.6 Å². The first kappa shape index (κ1) is 13.5. The Morgan fingerprint density at radius 2 is 2.06 bits per heavy atom. The van der Waals surface area contributed by atoms with E-state index in [4.69, 9.17) is 12.2 Å². The van der Waals surface area contributed by atoms with E-state index in [0.29, 0.717) is 5.92 Å². The Morgan fingerprint density at radius 3 is 2.56 bits per heavy atom. The van der Waals surface area contributed by atoms with E-state index in [1.54, 1.807) is 0 Å². The van der Waals surface area contributed by atoms with Crippen LogP contribution in [0, 0.1) is 12.8 Å². The van der Waals surface area contributed by atoms with Crippen molar-refractivity contribution >= 4 is 28.7 Å². The van der Waals surface area contributed by atoms with E-state index in [0.717, 1.165) is 11.7 Å². The standard InChI is InChI=1S/C12H20N2S2/c1-8(2)7-13-12(15)14-10(4)11-6-5-9(3)16-11/h5-6,8,10H,7H2,1-4H3,(H2,13,14,15). The molecule has 90 valence electrons. The van der Waals surface area contributed by atoms with E-state index >= 15 is 0 Å². The monoisotopic (exact) mass is 256 g/mol. The minimum absolute atomic E-state index is 0.283. The smallest absolute Gasteiger partial charge is 0.166 e. The van der Waals surface area contributed by atoms with Crippen molar-refractivity contribution in [3.8, 4) is 0 Å². The van der Waals surface area contributed by atoms with Crippen LogP contribution in [0.2, 0.25) is 0 Å². The van der Waals surface area contributed by atoms with Gasteiger partial charge in [-0.25, -0.2) is 0 Å². The molecule has 0 saturated heterocycles. The van der Waals surface area contributed by atoms with Gasteiger partial charge in [-0.15, -0.1) is 11.3 Å². The van der Waals surface area contributed by atoms with Gasteiger partial charge in [-0.05, 0) is 44.1 Å². The van der Waals surface area contributed by atoms with Gasteiger partial charge in [-0.3, -0.25) is 0 Å². The number of hydrogen-bond donors (Lipinski definition) is 2. The molecule has 2 nitrogen and oxygen atoms in total. The molecule has 1 aromatic heterocycles. The van der Waals surface area contributed by atoms with Crippen LogP contribution >= 0.6 is 23.6 Å². The summed E-state index contributed by atoms with van der Waals surface area (Å²) in [5, 5.41) is 7.25. The summed E-state index contributed by atoms with van der Waals surface area (Å²) in [6.45, 7) is 9.51. The molecule has 0 aromatic carbocycles. The first-order chi connectivity index (χ1) is 7.49. The highest BCUT2D eigenvalue weighted by atomic mass is 32.1. The number of nitrogens with one attached hydrogen (secondary N) is 2. The summed E-state index contributed by atoms with van der Waals surface area (Å²) >= 11 is 7.05. The Hall–Kier alpha value is -0.610. The van der Waals surface area contributed by atoms with Gasteiger partial charge < -0.3 is 10.6 Å². The normalized spacial score (nSPS) is 12.6. The van der Waals surface area contributed by atoms with Crippen LogP contribution in [0.25, 0.3) is 0 Å². The molecule has 1 heterocycles. The molecule has 0 aliphatic heterocycles. The quantitative estimate of drug-likeness (QED) is 0.809. The van der Waals surface area contributed by atoms with Gasteiger partial charge in [-0.2, -0.15) is 0 Å². The summed E-state index contributed by atoms with van der Waals surface area (Å²) in [6.07, 6.45) is 0. The molecule has 1 aromatic rings. The molecule has 0 amide bonds. The Labute approximate surface area is 107 Å². The van der Waals surface area contributed by atoms with Crippen LogP contribution in [0.15, 0.2) is 12.1 Å². The number of rotatable bonds is 4. The largest absolute Gasteiger partial charge is 0.362 e. The molecule has 0 aliphatic rings. The fourth-order valence-corrected chi connectivity index (χ4v) is 2.44. The Balaban J connectivity index is 2.39. The molecule has 0 radical (unpaired) electrons. The number of thiocarbonyl (C=S) groups is 1. The molecular formula is C12H20N2S2. The molecule has 0 spiro atoms. The van der Waals surface area contributed by atoms with Crippen LogP contribution in [0.3, 0.4) is 0 Å². The zero-order chi connectivity index (χ0) is 12.1. The van der Waals surface area contributed by atoms with E-state index in [-0.39, 0.29) is 6.04 Å². The lowest BCUT2D eigenvalue weighted by molar-refractivity contribution is 0.611. The van der Waals surface area contributed by atoms with Crippen LogP contribution in [0.1, 0.15) is 36.6 Å². The minimum Gasteiger partial charge on any atom is -0.362 e. The Bertz CT molecular complexity index is 345. The molecule has 0 bridgehead atoms. The van der Waals surface area contributed by atoms with Crippen molar-refractivity contribution in [2.24, 2.45) is 5.92 Å². The highest BCUT2D eigenvalue weighted by molar-refractivity contribution is 7.80. The predicted octanol–water partition coefficient (Wildman–Crippen LogP) is 3.24. The molecule has 1 unspecified atom stereocenters. The minimum atomic E-state index is 0.283. The van der Waals surface area contributed by atoms with Crippen molar-refractivity contribution in [3.63, 3.8) is 0 Å². The zero-order valence-corrected chi connectivity index (χ0v) is 12.0. The molecule has 1 rings (SSSR count). The third-order valence-electron chi connectivity index (χ3n) is 2.21. The van der Waals surface area contributed by atoms with Gasteiger partial charge in [0.1, 0.15) is 0 Å². The summed E-state index contributed by atoms with van der Waals surface area (Å²) in [5.74, 6) is 0.610. The van der Waals surface area contributed by atoms with Gasteiger partial charge >= 0.3 is 0 Å². The van der Waals surface area contributed by atoms with Gasteiger partial charge in [0.05, 0.1) is 6.04 Å². The van der Waals surface area contributed by atoms with Crippen LogP contribution in [0.5, 0.6) is 0 Å². The van der Waals surface area contributed by atoms with E-state index < -0.39 is 0 Å². The predicted molar refractivity (Wildman–Crippen MR) is 76.0 cm³/mol. The highest BCUT2D eigenvalue weighted by Crippen LogP contribution is 2.21. The topological polar surface area (TPSA) is 24.1 Å². The molecule has 0 saturated carbocycles. The van der Waals surface area contributed by atoms with Gasteiger partial charge in [0.15, 0.2) is 5.11 Å². The van der Waals surface area contributed by atoms with E-state index in [1.165, 1.54) is 9.75 Å².